The lowest BCUT2D eigenvalue weighted by molar-refractivity contribution is -0.116. The van der Waals surface area contributed by atoms with Crippen molar-refractivity contribution in [2.24, 2.45) is 0 Å². The molecule has 130 valence electrons. The number of aromatic amines is 1. The molecule has 0 bridgehead atoms. The Kier molecular flexibility index (Phi) is 4.33. The van der Waals surface area contributed by atoms with Crippen LogP contribution >= 0.6 is 11.6 Å². The summed E-state index contributed by atoms with van der Waals surface area (Å²) in [6, 6.07) is 15.0. The fourth-order valence-electron chi connectivity index (χ4n) is 2.56. The zero-order valence-corrected chi connectivity index (χ0v) is 14.3. The van der Waals surface area contributed by atoms with Crippen molar-refractivity contribution in [1.29, 1.82) is 0 Å². The van der Waals surface area contributed by atoms with Crippen LogP contribution in [0.5, 0.6) is 0 Å². The Morgan fingerprint density at radius 3 is 2.81 bits per heavy atom. The second-order valence-electron chi connectivity index (χ2n) is 5.57. The summed E-state index contributed by atoms with van der Waals surface area (Å²) < 4.78 is 9.95. The quantitative estimate of drug-likeness (QED) is 0.725. The van der Waals surface area contributed by atoms with Crippen LogP contribution in [0.2, 0.25) is 5.02 Å². The number of amides is 1. The van der Waals surface area contributed by atoms with Gasteiger partial charge in [-0.05, 0) is 23.8 Å². The van der Waals surface area contributed by atoms with Crippen molar-refractivity contribution < 1.29 is 14.3 Å². The van der Waals surface area contributed by atoms with E-state index in [4.69, 9.17) is 21.1 Å². The summed E-state index contributed by atoms with van der Waals surface area (Å²) in [5, 5.41) is 3.27. The van der Waals surface area contributed by atoms with Crippen molar-refractivity contribution in [3.05, 3.63) is 71.8 Å². The summed E-state index contributed by atoms with van der Waals surface area (Å²) in [6.07, 6.45) is 3.03. The van der Waals surface area contributed by atoms with Crippen LogP contribution in [0.15, 0.2) is 66.7 Å². The van der Waals surface area contributed by atoms with Crippen LogP contribution in [0.25, 0.3) is 22.6 Å². The number of rotatable bonds is 4. The number of nitrogens with zero attached hydrogens (tertiary/aromatic N) is 1. The molecule has 2 heterocycles. The van der Waals surface area contributed by atoms with E-state index in [0.717, 1.165) is 11.3 Å². The van der Waals surface area contributed by atoms with Gasteiger partial charge in [0, 0.05) is 11.3 Å². The summed E-state index contributed by atoms with van der Waals surface area (Å²) in [5.74, 6) is 0.357. The Labute approximate surface area is 154 Å². The van der Waals surface area contributed by atoms with E-state index >= 15 is 0 Å². The number of carbonyl (C=O) groups is 1. The molecule has 3 aromatic rings. The van der Waals surface area contributed by atoms with Crippen LogP contribution in [0.3, 0.4) is 0 Å². The van der Waals surface area contributed by atoms with Gasteiger partial charge in [-0.1, -0.05) is 41.9 Å². The number of H-pyrrole nitrogens is 1. The van der Waals surface area contributed by atoms with Gasteiger partial charge in [0.1, 0.15) is 12.1 Å². The molecule has 1 aliphatic rings. The van der Waals surface area contributed by atoms with Gasteiger partial charge < -0.3 is 19.8 Å². The maximum Gasteiger partial charge on any atom is 0.294 e. The Morgan fingerprint density at radius 1 is 1.19 bits per heavy atom. The molecule has 1 aromatic heterocycles. The number of hydrogen-bond donors (Lipinski definition) is 2. The predicted octanol–water partition coefficient (Wildman–Crippen LogP) is 4.18. The molecule has 2 aromatic carbocycles. The Balaban J connectivity index is 1.60. The molecule has 0 spiro atoms. The molecule has 4 rings (SSSR count). The third-order valence-corrected chi connectivity index (χ3v) is 4.17. The van der Waals surface area contributed by atoms with Crippen molar-refractivity contribution in [2.45, 2.75) is 0 Å². The number of ether oxygens (including phenoxy) is 2. The highest BCUT2D eigenvalue weighted by Crippen LogP contribution is 2.30. The van der Waals surface area contributed by atoms with Gasteiger partial charge in [-0.25, -0.2) is 4.98 Å². The number of nitrogens with one attached hydrogen (secondary N) is 2. The SMILES string of the molecule is O=C(Nc1ccc(Cl)c(-c2ncc(-c3ccccc3)[nH]2)c1)C1=COCO1. The molecule has 26 heavy (non-hydrogen) atoms. The van der Waals surface area contributed by atoms with Crippen LogP contribution in [0.1, 0.15) is 0 Å². The molecule has 0 saturated carbocycles. The van der Waals surface area contributed by atoms with Crippen LogP contribution in [0.4, 0.5) is 5.69 Å². The standard InChI is InChI=1S/C19H14ClN3O3/c20-15-7-6-13(22-19(24)17-10-25-11-26-17)8-14(15)18-21-9-16(23-18)12-4-2-1-3-5-12/h1-10H,11H2,(H,21,23)(H,22,24). The minimum atomic E-state index is -0.389. The van der Waals surface area contributed by atoms with Gasteiger partial charge in [-0.3, -0.25) is 4.79 Å². The highest BCUT2D eigenvalue weighted by molar-refractivity contribution is 6.33. The molecule has 0 unspecified atom stereocenters. The lowest BCUT2D eigenvalue weighted by Crippen LogP contribution is -2.14. The number of aromatic nitrogens is 2. The minimum absolute atomic E-state index is 0.0449. The average molecular weight is 368 g/mol. The fourth-order valence-corrected chi connectivity index (χ4v) is 2.77. The number of benzene rings is 2. The lowest BCUT2D eigenvalue weighted by atomic mass is 10.1. The van der Waals surface area contributed by atoms with E-state index in [-0.39, 0.29) is 18.5 Å². The molecule has 7 heteroatoms. The Morgan fingerprint density at radius 2 is 2.04 bits per heavy atom. The molecule has 0 fully saturated rings. The van der Waals surface area contributed by atoms with Gasteiger partial charge >= 0.3 is 0 Å². The molecule has 0 radical (unpaired) electrons. The molecule has 1 aliphatic heterocycles. The first-order valence-corrected chi connectivity index (χ1v) is 8.25. The number of imidazole rings is 1. The minimum Gasteiger partial charge on any atom is -0.461 e. The molecule has 2 N–H and O–H groups in total. The van der Waals surface area contributed by atoms with E-state index < -0.39 is 0 Å². The second-order valence-corrected chi connectivity index (χ2v) is 5.98. The maximum atomic E-state index is 12.1. The third kappa shape index (κ3) is 3.27. The van der Waals surface area contributed by atoms with Crippen LogP contribution in [-0.4, -0.2) is 22.7 Å². The van der Waals surface area contributed by atoms with Crippen molar-refractivity contribution in [3.8, 4) is 22.6 Å². The zero-order valence-electron chi connectivity index (χ0n) is 13.5. The summed E-state index contributed by atoms with van der Waals surface area (Å²) in [4.78, 5) is 19.8. The van der Waals surface area contributed by atoms with Crippen molar-refractivity contribution in [1.82, 2.24) is 9.97 Å². The second kappa shape index (κ2) is 6.93. The first-order chi connectivity index (χ1) is 12.7. The third-order valence-electron chi connectivity index (χ3n) is 3.84. The number of halogens is 1. The van der Waals surface area contributed by atoms with E-state index in [1.807, 2.05) is 30.3 Å². The summed E-state index contributed by atoms with van der Waals surface area (Å²) in [7, 11) is 0. The van der Waals surface area contributed by atoms with Crippen LogP contribution < -0.4 is 5.32 Å². The fraction of sp³-hybridized carbons (Fsp3) is 0.0526. The van der Waals surface area contributed by atoms with Crippen LogP contribution in [-0.2, 0) is 14.3 Å². The number of hydrogen-bond acceptors (Lipinski definition) is 4. The van der Waals surface area contributed by atoms with Gasteiger partial charge in [-0.2, -0.15) is 0 Å². The first-order valence-electron chi connectivity index (χ1n) is 7.87. The van der Waals surface area contributed by atoms with Gasteiger partial charge in [0.15, 0.2) is 0 Å². The van der Waals surface area contributed by atoms with E-state index in [9.17, 15) is 4.79 Å². The Bertz CT molecular complexity index is 983. The van der Waals surface area contributed by atoms with Crippen LogP contribution in [0, 0.1) is 0 Å². The molecule has 6 nitrogen and oxygen atoms in total. The number of anilines is 1. The lowest BCUT2D eigenvalue weighted by Gasteiger charge is -2.08. The van der Waals surface area contributed by atoms with Gasteiger partial charge in [-0.15, -0.1) is 0 Å². The molecule has 0 aliphatic carbocycles. The van der Waals surface area contributed by atoms with Gasteiger partial charge in [0.2, 0.25) is 12.6 Å². The first kappa shape index (κ1) is 16.2. The van der Waals surface area contributed by atoms with Crippen molar-refractivity contribution in [2.75, 3.05) is 12.1 Å². The van der Waals surface area contributed by atoms with E-state index in [1.54, 1.807) is 24.4 Å². The van der Waals surface area contributed by atoms with Gasteiger partial charge in [0.05, 0.1) is 16.9 Å². The highest BCUT2D eigenvalue weighted by atomic mass is 35.5. The largest absolute Gasteiger partial charge is 0.461 e. The smallest absolute Gasteiger partial charge is 0.294 e. The highest BCUT2D eigenvalue weighted by Gasteiger charge is 2.17. The average Bonchev–Trinajstić information content (AvgIpc) is 3.36. The van der Waals surface area contributed by atoms with Crippen molar-refractivity contribution >= 4 is 23.2 Å². The Hall–Kier alpha value is -3.25. The molecular weight excluding hydrogens is 354 g/mol. The van der Waals surface area contributed by atoms with Gasteiger partial charge in [0.25, 0.3) is 5.91 Å². The molecule has 1 amide bonds. The predicted molar refractivity (Wildman–Crippen MR) is 98.2 cm³/mol. The van der Waals surface area contributed by atoms with E-state index in [1.165, 1.54) is 6.26 Å². The summed E-state index contributed by atoms with van der Waals surface area (Å²) in [6.45, 7) is 0.0449. The molecule has 0 atom stereocenters. The molecular formula is C19H14ClN3O3. The molecule has 0 saturated heterocycles. The maximum absolute atomic E-state index is 12.1. The normalized spacial score (nSPS) is 12.9. The zero-order chi connectivity index (χ0) is 17.9. The monoisotopic (exact) mass is 367 g/mol. The summed E-state index contributed by atoms with van der Waals surface area (Å²) in [5.41, 5.74) is 3.16. The number of carbonyl (C=O) groups excluding carboxylic acids is 1. The van der Waals surface area contributed by atoms with E-state index in [2.05, 4.69) is 15.3 Å². The summed E-state index contributed by atoms with van der Waals surface area (Å²) >= 11 is 6.32. The topological polar surface area (TPSA) is 76.2 Å². The van der Waals surface area contributed by atoms with E-state index in [0.29, 0.717) is 22.1 Å². The van der Waals surface area contributed by atoms with Crippen molar-refractivity contribution in [3.63, 3.8) is 0 Å².